The molecule has 3 rings (SSSR count). The van der Waals surface area contributed by atoms with Gasteiger partial charge >= 0.3 is 0 Å². The Morgan fingerprint density at radius 3 is 2.62 bits per heavy atom. The minimum absolute atomic E-state index is 0.584. The predicted octanol–water partition coefficient (Wildman–Crippen LogP) is 3.20. The van der Waals surface area contributed by atoms with Crippen LogP contribution in [0.25, 0.3) is 0 Å². The van der Waals surface area contributed by atoms with E-state index in [1.165, 1.54) is 36.1 Å². The molecule has 1 saturated carbocycles. The zero-order valence-corrected chi connectivity index (χ0v) is 13.0. The molecule has 1 atom stereocenters. The van der Waals surface area contributed by atoms with Crippen LogP contribution >= 0.6 is 0 Å². The summed E-state index contributed by atoms with van der Waals surface area (Å²) < 4.78 is 1.99. The minimum atomic E-state index is 0.584. The smallest absolute Gasteiger partial charge is 0.0492 e. The number of rotatable bonds is 7. The summed E-state index contributed by atoms with van der Waals surface area (Å²) in [4.78, 5) is 0. The number of nitrogens with zero attached hydrogens (tertiary/aromatic N) is 2. The first kappa shape index (κ1) is 14.3. The summed E-state index contributed by atoms with van der Waals surface area (Å²) in [6, 6.07) is 11.9. The van der Waals surface area contributed by atoms with Crippen molar-refractivity contribution in [2.45, 2.75) is 44.6 Å². The average Bonchev–Trinajstić information content (AvgIpc) is 3.22. The molecule has 0 amide bonds. The summed E-state index contributed by atoms with van der Waals surface area (Å²) in [5.41, 5.74) is 4.11. The molecule has 0 aliphatic heterocycles. The second-order valence-corrected chi connectivity index (χ2v) is 6.27. The highest BCUT2D eigenvalue weighted by atomic mass is 15.2. The van der Waals surface area contributed by atoms with Gasteiger partial charge in [0.05, 0.1) is 0 Å². The van der Waals surface area contributed by atoms with E-state index >= 15 is 0 Å². The number of aryl methyl sites for hydroxylation is 3. The van der Waals surface area contributed by atoms with Crippen LogP contribution in [0.2, 0.25) is 0 Å². The van der Waals surface area contributed by atoms with Gasteiger partial charge in [-0.2, -0.15) is 5.10 Å². The Kier molecular flexibility index (Phi) is 4.39. The molecule has 112 valence electrons. The van der Waals surface area contributed by atoms with Gasteiger partial charge in [-0.3, -0.25) is 4.68 Å². The first-order valence-corrected chi connectivity index (χ1v) is 7.99. The van der Waals surface area contributed by atoms with Crippen LogP contribution < -0.4 is 5.32 Å². The quantitative estimate of drug-likeness (QED) is 0.845. The zero-order chi connectivity index (χ0) is 14.7. The summed E-state index contributed by atoms with van der Waals surface area (Å²) in [5.74, 6) is 0.584. The lowest BCUT2D eigenvalue weighted by Crippen LogP contribution is -2.24. The third-order valence-electron chi connectivity index (χ3n) is 4.45. The summed E-state index contributed by atoms with van der Waals surface area (Å²) >= 11 is 0. The van der Waals surface area contributed by atoms with E-state index in [2.05, 4.69) is 47.7 Å². The Morgan fingerprint density at radius 1 is 1.24 bits per heavy atom. The van der Waals surface area contributed by atoms with Gasteiger partial charge in [-0.05, 0) is 50.2 Å². The normalized spacial score (nSPS) is 16.1. The Balaban J connectivity index is 1.65. The van der Waals surface area contributed by atoms with Gasteiger partial charge in [-0.1, -0.05) is 29.8 Å². The van der Waals surface area contributed by atoms with E-state index in [4.69, 9.17) is 0 Å². The molecule has 3 nitrogen and oxygen atoms in total. The molecular weight excluding hydrogens is 258 g/mol. The molecule has 1 aliphatic carbocycles. The Labute approximate surface area is 127 Å². The van der Waals surface area contributed by atoms with Crippen LogP contribution in [-0.2, 0) is 13.5 Å². The number of benzene rings is 1. The maximum atomic E-state index is 4.26. The van der Waals surface area contributed by atoms with Crippen LogP contribution in [0.4, 0.5) is 0 Å². The maximum absolute atomic E-state index is 4.26. The summed E-state index contributed by atoms with van der Waals surface area (Å²) in [6.07, 6.45) is 6.84. The van der Waals surface area contributed by atoms with E-state index in [9.17, 15) is 0 Å². The van der Waals surface area contributed by atoms with E-state index in [0.29, 0.717) is 5.92 Å². The third-order valence-corrected chi connectivity index (χ3v) is 4.45. The van der Waals surface area contributed by atoms with Crippen molar-refractivity contribution in [1.82, 2.24) is 15.1 Å². The number of hydrogen-bond donors (Lipinski definition) is 1. The molecule has 0 spiro atoms. The highest BCUT2D eigenvalue weighted by molar-refractivity contribution is 5.25. The summed E-state index contributed by atoms with van der Waals surface area (Å²) in [6.45, 7) is 3.24. The van der Waals surface area contributed by atoms with Gasteiger partial charge in [0, 0.05) is 31.5 Å². The van der Waals surface area contributed by atoms with Crippen molar-refractivity contribution < 1.29 is 0 Å². The molecule has 1 aromatic heterocycles. The third kappa shape index (κ3) is 3.94. The second-order valence-electron chi connectivity index (χ2n) is 6.27. The van der Waals surface area contributed by atoms with Crippen LogP contribution in [0.5, 0.6) is 0 Å². The molecule has 1 unspecified atom stereocenters. The molecule has 1 heterocycles. The van der Waals surface area contributed by atoms with E-state index < -0.39 is 0 Å². The monoisotopic (exact) mass is 283 g/mol. The molecule has 2 aromatic rings. The van der Waals surface area contributed by atoms with Crippen molar-refractivity contribution >= 4 is 0 Å². The minimum Gasteiger partial charge on any atom is -0.313 e. The molecular formula is C18H25N3. The Bertz CT molecular complexity index is 566. The number of aromatic nitrogens is 2. The molecule has 1 aromatic carbocycles. The van der Waals surface area contributed by atoms with Gasteiger partial charge in [0.15, 0.2) is 0 Å². The van der Waals surface area contributed by atoms with Crippen molar-refractivity contribution in [3.8, 4) is 0 Å². The van der Waals surface area contributed by atoms with Gasteiger partial charge in [-0.15, -0.1) is 0 Å². The van der Waals surface area contributed by atoms with Crippen LogP contribution in [0.15, 0.2) is 36.5 Å². The topological polar surface area (TPSA) is 29.9 Å². The standard InChI is InChI=1S/C18H25N3/c1-14-3-5-15(6-4-14)16(13-19-17-8-9-17)7-10-18-11-12-20-21(18)2/h3-6,11-12,16-17,19H,7-10,13H2,1-2H3. The molecule has 21 heavy (non-hydrogen) atoms. The van der Waals surface area contributed by atoms with Crippen molar-refractivity contribution in [1.29, 1.82) is 0 Å². The van der Waals surface area contributed by atoms with E-state index in [0.717, 1.165) is 19.0 Å². The van der Waals surface area contributed by atoms with Crippen molar-refractivity contribution in [3.63, 3.8) is 0 Å². The van der Waals surface area contributed by atoms with Crippen LogP contribution in [0.1, 0.15) is 42.0 Å². The SMILES string of the molecule is Cc1ccc(C(CCc2ccnn2C)CNC2CC2)cc1. The Morgan fingerprint density at radius 2 is 2.00 bits per heavy atom. The fraction of sp³-hybridized carbons (Fsp3) is 0.500. The highest BCUT2D eigenvalue weighted by Crippen LogP contribution is 2.25. The average molecular weight is 283 g/mol. The van der Waals surface area contributed by atoms with E-state index in [1.54, 1.807) is 0 Å². The zero-order valence-electron chi connectivity index (χ0n) is 13.0. The van der Waals surface area contributed by atoms with Crippen molar-refractivity contribution in [3.05, 3.63) is 53.3 Å². The number of hydrogen-bond acceptors (Lipinski definition) is 2. The van der Waals surface area contributed by atoms with E-state index in [1.807, 2.05) is 17.9 Å². The van der Waals surface area contributed by atoms with Crippen molar-refractivity contribution in [2.75, 3.05) is 6.54 Å². The summed E-state index contributed by atoms with van der Waals surface area (Å²) in [7, 11) is 2.03. The van der Waals surface area contributed by atoms with Gasteiger partial charge < -0.3 is 5.32 Å². The van der Waals surface area contributed by atoms with E-state index in [-0.39, 0.29) is 0 Å². The molecule has 1 fully saturated rings. The fourth-order valence-corrected chi connectivity index (χ4v) is 2.79. The first-order chi connectivity index (χ1) is 10.2. The first-order valence-electron chi connectivity index (χ1n) is 7.99. The fourth-order valence-electron chi connectivity index (χ4n) is 2.79. The van der Waals surface area contributed by atoms with Gasteiger partial charge in [0.2, 0.25) is 0 Å². The molecule has 1 N–H and O–H groups in total. The molecule has 1 aliphatic rings. The summed E-state index contributed by atoms with van der Waals surface area (Å²) in [5, 5.41) is 7.96. The molecule has 0 saturated heterocycles. The predicted molar refractivity (Wildman–Crippen MR) is 86.5 cm³/mol. The molecule has 3 heteroatoms. The lowest BCUT2D eigenvalue weighted by atomic mass is 9.92. The largest absolute Gasteiger partial charge is 0.313 e. The maximum Gasteiger partial charge on any atom is 0.0492 e. The lowest BCUT2D eigenvalue weighted by Gasteiger charge is -2.18. The van der Waals surface area contributed by atoms with Gasteiger partial charge in [0.1, 0.15) is 0 Å². The van der Waals surface area contributed by atoms with Crippen LogP contribution in [0.3, 0.4) is 0 Å². The van der Waals surface area contributed by atoms with Crippen LogP contribution in [0, 0.1) is 6.92 Å². The van der Waals surface area contributed by atoms with Crippen LogP contribution in [-0.4, -0.2) is 22.4 Å². The molecule has 0 bridgehead atoms. The molecule has 0 radical (unpaired) electrons. The van der Waals surface area contributed by atoms with Crippen molar-refractivity contribution in [2.24, 2.45) is 7.05 Å². The number of nitrogens with one attached hydrogen (secondary N) is 1. The van der Waals surface area contributed by atoms with Gasteiger partial charge in [0.25, 0.3) is 0 Å². The Hall–Kier alpha value is -1.61. The van der Waals surface area contributed by atoms with Gasteiger partial charge in [-0.25, -0.2) is 0 Å². The second kappa shape index (κ2) is 6.44. The lowest BCUT2D eigenvalue weighted by molar-refractivity contribution is 0.537. The highest BCUT2D eigenvalue weighted by Gasteiger charge is 2.22.